The lowest BCUT2D eigenvalue weighted by Gasteiger charge is -2.12. The first-order valence-electron chi connectivity index (χ1n) is 9.04. The van der Waals surface area contributed by atoms with Gasteiger partial charge in [-0.15, -0.1) is 0 Å². The average molecular weight is 385 g/mol. The van der Waals surface area contributed by atoms with Crippen LogP contribution in [0.25, 0.3) is 10.9 Å². The van der Waals surface area contributed by atoms with Crippen molar-refractivity contribution in [1.82, 2.24) is 9.88 Å². The van der Waals surface area contributed by atoms with E-state index in [0.717, 1.165) is 17.5 Å². The SMILES string of the molecule is CCC(C)NC(=O)Cn1cc(S(=O)(=O)Cc2ccccc2)c2ccccc21. The van der Waals surface area contributed by atoms with Crippen molar-refractivity contribution >= 4 is 26.6 Å². The molecule has 0 bridgehead atoms. The van der Waals surface area contributed by atoms with Crippen molar-refractivity contribution in [2.24, 2.45) is 0 Å². The van der Waals surface area contributed by atoms with Gasteiger partial charge < -0.3 is 9.88 Å². The first-order valence-corrected chi connectivity index (χ1v) is 10.7. The van der Waals surface area contributed by atoms with Crippen LogP contribution >= 0.6 is 0 Å². The molecule has 1 heterocycles. The van der Waals surface area contributed by atoms with Crippen molar-refractivity contribution < 1.29 is 13.2 Å². The van der Waals surface area contributed by atoms with Crippen LogP contribution in [0.15, 0.2) is 65.7 Å². The van der Waals surface area contributed by atoms with Crippen molar-refractivity contribution in [2.45, 2.75) is 43.5 Å². The fraction of sp³-hybridized carbons (Fsp3) is 0.286. The first-order chi connectivity index (χ1) is 12.9. The summed E-state index contributed by atoms with van der Waals surface area (Å²) in [5.41, 5.74) is 1.48. The van der Waals surface area contributed by atoms with Gasteiger partial charge >= 0.3 is 0 Å². The molecule has 2 aromatic carbocycles. The number of benzene rings is 2. The molecule has 0 aliphatic heterocycles. The van der Waals surface area contributed by atoms with E-state index in [9.17, 15) is 13.2 Å². The monoisotopic (exact) mass is 384 g/mol. The van der Waals surface area contributed by atoms with Crippen molar-refractivity contribution in [3.05, 3.63) is 66.4 Å². The number of hydrogen-bond donors (Lipinski definition) is 1. The summed E-state index contributed by atoms with van der Waals surface area (Å²) in [6.45, 7) is 4.04. The summed E-state index contributed by atoms with van der Waals surface area (Å²) in [4.78, 5) is 12.6. The van der Waals surface area contributed by atoms with Gasteiger partial charge in [0.15, 0.2) is 9.84 Å². The number of para-hydroxylation sites is 1. The third-order valence-corrected chi connectivity index (χ3v) is 6.33. The molecule has 1 N–H and O–H groups in total. The van der Waals surface area contributed by atoms with Crippen LogP contribution in [-0.2, 0) is 26.9 Å². The molecule has 0 saturated carbocycles. The first kappa shape index (κ1) is 19.2. The molecule has 1 atom stereocenters. The lowest BCUT2D eigenvalue weighted by atomic mass is 10.2. The Labute approximate surface area is 159 Å². The van der Waals surface area contributed by atoms with Gasteiger partial charge in [0.1, 0.15) is 6.54 Å². The maximum Gasteiger partial charge on any atom is 0.240 e. The van der Waals surface area contributed by atoms with Gasteiger partial charge in [0.05, 0.1) is 10.6 Å². The third-order valence-electron chi connectivity index (χ3n) is 4.62. The molecule has 0 radical (unpaired) electrons. The van der Waals surface area contributed by atoms with E-state index in [4.69, 9.17) is 0 Å². The zero-order valence-electron chi connectivity index (χ0n) is 15.6. The van der Waals surface area contributed by atoms with Gasteiger partial charge in [-0.1, -0.05) is 55.5 Å². The van der Waals surface area contributed by atoms with Crippen LogP contribution in [0.1, 0.15) is 25.8 Å². The molecular weight excluding hydrogens is 360 g/mol. The van der Waals surface area contributed by atoms with Gasteiger partial charge in [-0.3, -0.25) is 4.79 Å². The fourth-order valence-electron chi connectivity index (χ4n) is 3.04. The highest BCUT2D eigenvalue weighted by Gasteiger charge is 2.22. The Kier molecular flexibility index (Phi) is 5.65. The van der Waals surface area contributed by atoms with Crippen LogP contribution in [0.2, 0.25) is 0 Å². The molecule has 1 unspecified atom stereocenters. The molecule has 1 amide bonds. The average Bonchev–Trinajstić information content (AvgIpc) is 3.01. The van der Waals surface area contributed by atoms with Crippen molar-refractivity contribution in [2.75, 3.05) is 0 Å². The topological polar surface area (TPSA) is 68.2 Å². The Morgan fingerprint density at radius 3 is 2.44 bits per heavy atom. The Hall–Kier alpha value is -2.60. The lowest BCUT2D eigenvalue weighted by molar-refractivity contribution is -0.122. The summed E-state index contributed by atoms with van der Waals surface area (Å²) in [5, 5.41) is 3.56. The van der Waals surface area contributed by atoms with Crippen LogP contribution in [-0.4, -0.2) is 24.9 Å². The normalized spacial score (nSPS) is 12.8. The van der Waals surface area contributed by atoms with Gasteiger partial charge in [-0.05, 0) is 25.0 Å². The van der Waals surface area contributed by atoms with E-state index in [1.165, 1.54) is 0 Å². The minimum atomic E-state index is -3.54. The molecule has 142 valence electrons. The Morgan fingerprint density at radius 1 is 1.07 bits per heavy atom. The highest BCUT2D eigenvalue weighted by atomic mass is 32.2. The fourth-order valence-corrected chi connectivity index (χ4v) is 4.62. The van der Waals surface area contributed by atoms with Crippen LogP contribution in [0.3, 0.4) is 0 Å². The number of nitrogens with one attached hydrogen (secondary N) is 1. The number of fused-ring (bicyclic) bond motifs is 1. The number of amides is 1. The number of carbonyl (C=O) groups excluding carboxylic acids is 1. The van der Waals surface area contributed by atoms with Crippen molar-refractivity contribution in [1.29, 1.82) is 0 Å². The van der Waals surface area contributed by atoms with E-state index >= 15 is 0 Å². The smallest absolute Gasteiger partial charge is 0.240 e. The molecule has 5 nitrogen and oxygen atoms in total. The molecule has 3 aromatic rings. The summed E-state index contributed by atoms with van der Waals surface area (Å²) in [7, 11) is -3.54. The second kappa shape index (κ2) is 7.96. The molecule has 1 aromatic heterocycles. The molecular formula is C21H24N2O3S. The van der Waals surface area contributed by atoms with Crippen LogP contribution in [0, 0.1) is 0 Å². The van der Waals surface area contributed by atoms with Crippen LogP contribution in [0.4, 0.5) is 0 Å². The lowest BCUT2D eigenvalue weighted by Crippen LogP contribution is -2.34. The summed E-state index contributed by atoms with van der Waals surface area (Å²) in [6, 6.07) is 16.5. The molecule has 27 heavy (non-hydrogen) atoms. The minimum absolute atomic E-state index is 0.0685. The van der Waals surface area contributed by atoms with Crippen LogP contribution in [0.5, 0.6) is 0 Å². The number of hydrogen-bond acceptors (Lipinski definition) is 3. The van der Waals surface area contributed by atoms with Crippen molar-refractivity contribution in [3.63, 3.8) is 0 Å². The van der Waals surface area contributed by atoms with Crippen molar-refractivity contribution in [3.8, 4) is 0 Å². The van der Waals surface area contributed by atoms with Gasteiger partial charge in [0.25, 0.3) is 0 Å². The standard InChI is InChI=1S/C21H24N2O3S/c1-3-16(2)22-21(24)14-23-13-20(18-11-7-8-12-19(18)23)27(25,26)15-17-9-5-4-6-10-17/h4-13,16H,3,14-15H2,1-2H3,(H,22,24). The molecule has 6 heteroatoms. The quantitative estimate of drug-likeness (QED) is 0.678. The predicted octanol–water partition coefficient (Wildman–Crippen LogP) is 3.53. The van der Waals surface area contributed by atoms with Gasteiger partial charge in [-0.2, -0.15) is 0 Å². The van der Waals surface area contributed by atoms with E-state index in [1.54, 1.807) is 29.0 Å². The second-order valence-electron chi connectivity index (χ2n) is 6.76. The summed E-state index contributed by atoms with van der Waals surface area (Å²) in [6.07, 6.45) is 2.42. The van der Waals surface area contributed by atoms with E-state index in [1.807, 2.05) is 50.2 Å². The maximum absolute atomic E-state index is 13.0. The van der Waals surface area contributed by atoms with E-state index < -0.39 is 9.84 Å². The Bertz CT molecular complexity index is 1040. The zero-order chi connectivity index (χ0) is 19.4. The number of nitrogens with zero attached hydrogens (tertiary/aromatic N) is 1. The predicted molar refractivity (Wildman–Crippen MR) is 107 cm³/mol. The largest absolute Gasteiger partial charge is 0.352 e. The molecule has 3 rings (SSSR count). The van der Waals surface area contributed by atoms with Gasteiger partial charge in [0.2, 0.25) is 5.91 Å². The van der Waals surface area contributed by atoms with Gasteiger partial charge in [0, 0.05) is 23.1 Å². The number of aromatic nitrogens is 1. The minimum Gasteiger partial charge on any atom is -0.352 e. The molecule has 0 aliphatic carbocycles. The highest BCUT2D eigenvalue weighted by molar-refractivity contribution is 7.90. The molecule has 0 aliphatic rings. The van der Waals surface area contributed by atoms with Gasteiger partial charge in [-0.25, -0.2) is 8.42 Å². The highest BCUT2D eigenvalue weighted by Crippen LogP contribution is 2.28. The van der Waals surface area contributed by atoms with Crippen LogP contribution < -0.4 is 5.32 Å². The third kappa shape index (κ3) is 4.39. The number of carbonyl (C=O) groups is 1. The summed E-state index contributed by atoms with van der Waals surface area (Å²) < 4.78 is 27.8. The second-order valence-corrected chi connectivity index (χ2v) is 8.72. The van der Waals surface area contributed by atoms with E-state index in [2.05, 4.69) is 5.32 Å². The van der Waals surface area contributed by atoms with E-state index in [0.29, 0.717) is 5.39 Å². The molecule has 0 spiro atoms. The molecule has 0 saturated heterocycles. The van der Waals surface area contributed by atoms with E-state index in [-0.39, 0.29) is 29.1 Å². The Balaban J connectivity index is 1.96. The maximum atomic E-state index is 13.0. The molecule has 0 fully saturated rings. The Morgan fingerprint density at radius 2 is 1.74 bits per heavy atom. The zero-order valence-corrected chi connectivity index (χ0v) is 16.4. The summed E-state index contributed by atoms with van der Waals surface area (Å²) >= 11 is 0. The number of rotatable bonds is 7. The summed E-state index contributed by atoms with van der Waals surface area (Å²) in [5.74, 6) is -0.196. The number of sulfone groups is 1.